The van der Waals surface area contributed by atoms with E-state index in [9.17, 15) is 0 Å². The highest BCUT2D eigenvalue weighted by atomic mass is 32.1. The molecule has 0 fully saturated rings. The Hall–Kier alpha value is -2.18. The van der Waals surface area contributed by atoms with Gasteiger partial charge in [-0.05, 0) is 35.7 Å². The van der Waals surface area contributed by atoms with Gasteiger partial charge in [-0.25, -0.2) is 0 Å². The number of aliphatic hydroxyl groups is 1. The summed E-state index contributed by atoms with van der Waals surface area (Å²) in [7, 11) is 0. The van der Waals surface area contributed by atoms with Crippen LogP contribution in [0.4, 0.5) is 5.69 Å². The Kier molecular flexibility index (Phi) is 3.76. The number of hydrogen-bond acceptors (Lipinski definition) is 6. The zero-order chi connectivity index (χ0) is 13.8. The lowest BCUT2D eigenvalue weighted by molar-refractivity contribution is 0.311. The first kappa shape index (κ1) is 12.8. The first-order valence-electron chi connectivity index (χ1n) is 6.19. The molecule has 0 aliphatic heterocycles. The average Bonchev–Trinajstić information content (AvgIpc) is 3.16. The number of anilines is 1. The Morgan fingerprint density at radius 3 is 2.75 bits per heavy atom. The van der Waals surface area contributed by atoms with Gasteiger partial charge < -0.3 is 14.9 Å². The van der Waals surface area contributed by atoms with Crippen LogP contribution in [0.3, 0.4) is 0 Å². The van der Waals surface area contributed by atoms with Gasteiger partial charge in [-0.15, -0.1) is 11.3 Å². The molecular formula is C14H13N3O2S. The van der Waals surface area contributed by atoms with Gasteiger partial charge in [0.1, 0.15) is 0 Å². The standard InChI is InChI=1S/C14H13N3O2S/c18-8-7-15-11-5-3-10(4-6-11)14-16-13(17-19-14)12-2-1-9-20-12/h1-6,9,15,18H,7-8H2. The number of nitrogens with zero attached hydrogens (tertiary/aromatic N) is 2. The minimum Gasteiger partial charge on any atom is -0.395 e. The van der Waals surface area contributed by atoms with Crippen molar-refractivity contribution < 1.29 is 9.63 Å². The summed E-state index contributed by atoms with van der Waals surface area (Å²) in [5.74, 6) is 1.11. The third kappa shape index (κ3) is 2.71. The summed E-state index contributed by atoms with van der Waals surface area (Å²) in [6.45, 7) is 0.637. The zero-order valence-electron chi connectivity index (χ0n) is 10.6. The minimum atomic E-state index is 0.107. The van der Waals surface area contributed by atoms with Crippen molar-refractivity contribution in [2.75, 3.05) is 18.5 Å². The topological polar surface area (TPSA) is 71.2 Å². The molecule has 6 heteroatoms. The molecule has 2 N–H and O–H groups in total. The third-order valence-electron chi connectivity index (χ3n) is 2.74. The first-order chi connectivity index (χ1) is 9.86. The largest absolute Gasteiger partial charge is 0.395 e. The van der Waals surface area contributed by atoms with Crippen LogP contribution in [0, 0.1) is 0 Å². The van der Waals surface area contributed by atoms with E-state index in [1.54, 1.807) is 11.3 Å². The van der Waals surface area contributed by atoms with Gasteiger partial charge in [0.2, 0.25) is 5.82 Å². The van der Waals surface area contributed by atoms with E-state index in [1.165, 1.54) is 0 Å². The van der Waals surface area contributed by atoms with Gasteiger partial charge in [0.05, 0.1) is 11.5 Å². The van der Waals surface area contributed by atoms with Crippen LogP contribution >= 0.6 is 11.3 Å². The highest BCUT2D eigenvalue weighted by molar-refractivity contribution is 7.13. The van der Waals surface area contributed by atoms with E-state index in [1.807, 2.05) is 41.8 Å². The SMILES string of the molecule is OCCNc1ccc(-c2nc(-c3cccs3)no2)cc1. The Labute approximate surface area is 119 Å². The lowest BCUT2D eigenvalue weighted by atomic mass is 10.2. The molecule has 0 spiro atoms. The number of benzene rings is 1. The first-order valence-corrected chi connectivity index (χ1v) is 7.07. The van der Waals surface area contributed by atoms with Crippen molar-refractivity contribution in [3.63, 3.8) is 0 Å². The Bertz CT molecular complexity index is 662. The maximum atomic E-state index is 8.76. The highest BCUT2D eigenvalue weighted by Gasteiger charge is 2.10. The van der Waals surface area contributed by atoms with Crippen molar-refractivity contribution in [1.82, 2.24) is 10.1 Å². The molecule has 0 saturated heterocycles. The molecule has 1 aromatic carbocycles. The molecule has 0 amide bonds. The number of thiophene rings is 1. The van der Waals surface area contributed by atoms with Gasteiger partial charge >= 0.3 is 0 Å². The smallest absolute Gasteiger partial charge is 0.258 e. The van der Waals surface area contributed by atoms with Crippen LogP contribution in [0.25, 0.3) is 22.2 Å². The summed E-state index contributed by atoms with van der Waals surface area (Å²) in [5, 5.41) is 17.8. The van der Waals surface area contributed by atoms with Gasteiger partial charge in [0.15, 0.2) is 0 Å². The summed E-state index contributed by atoms with van der Waals surface area (Å²) in [6, 6.07) is 11.6. The van der Waals surface area contributed by atoms with Crippen molar-refractivity contribution in [3.8, 4) is 22.2 Å². The fourth-order valence-electron chi connectivity index (χ4n) is 1.78. The van der Waals surface area contributed by atoms with Gasteiger partial charge in [0, 0.05) is 17.8 Å². The molecule has 0 aliphatic carbocycles. The molecule has 0 aliphatic rings. The van der Waals surface area contributed by atoms with E-state index in [0.717, 1.165) is 16.1 Å². The molecule has 0 unspecified atom stereocenters. The maximum Gasteiger partial charge on any atom is 0.258 e. The molecule has 20 heavy (non-hydrogen) atoms. The second kappa shape index (κ2) is 5.85. The van der Waals surface area contributed by atoms with E-state index in [-0.39, 0.29) is 6.61 Å². The van der Waals surface area contributed by atoms with Gasteiger partial charge in [-0.3, -0.25) is 0 Å². The summed E-state index contributed by atoms with van der Waals surface area (Å²) in [5.41, 5.74) is 1.82. The monoisotopic (exact) mass is 287 g/mol. The summed E-state index contributed by atoms with van der Waals surface area (Å²) >= 11 is 1.58. The quantitative estimate of drug-likeness (QED) is 0.755. The van der Waals surface area contributed by atoms with Gasteiger partial charge in [-0.1, -0.05) is 11.2 Å². The molecule has 3 rings (SSSR count). The van der Waals surface area contributed by atoms with Crippen LogP contribution in [0.2, 0.25) is 0 Å². The fourth-order valence-corrected chi connectivity index (χ4v) is 2.43. The third-order valence-corrected chi connectivity index (χ3v) is 3.61. The molecule has 0 saturated carbocycles. The molecule has 3 aromatic rings. The van der Waals surface area contributed by atoms with Crippen molar-refractivity contribution in [1.29, 1.82) is 0 Å². The predicted molar refractivity (Wildman–Crippen MR) is 78.6 cm³/mol. The Morgan fingerprint density at radius 2 is 2.05 bits per heavy atom. The number of rotatable bonds is 5. The van der Waals surface area contributed by atoms with Crippen molar-refractivity contribution in [2.45, 2.75) is 0 Å². The van der Waals surface area contributed by atoms with E-state index in [4.69, 9.17) is 9.63 Å². The lowest BCUT2D eigenvalue weighted by Gasteiger charge is -2.03. The van der Waals surface area contributed by atoms with Crippen LogP contribution in [-0.2, 0) is 0 Å². The molecule has 5 nitrogen and oxygen atoms in total. The second-order valence-electron chi connectivity index (χ2n) is 4.13. The van der Waals surface area contributed by atoms with Crippen molar-refractivity contribution >= 4 is 17.0 Å². The molecule has 2 heterocycles. The van der Waals surface area contributed by atoms with Crippen LogP contribution in [0.1, 0.15) is 0 Å². The highest BCUT2D eigenvalue weighted by Crippen LogP contribution is 2.25. The summed E-state index contributed by atoms with van der Waals surface area (Å²) in [4.78, 5) is 5.37. The number of aromatic nitrogens is 2. The fraction of sp³-hybridized carbons (Fsp3) is 0.143. The van der Waals surface area contributed by atoms with Crippen LogP contribution < -0.4 is 5.32 Å². The van der Waals surface area contributed by atoms with E-state index < -0.39 is 0 Å². The predicted octanol–water partition coefficient (Wildman–Crippen LogP) is 2.87. The van der Waals surface area contributed by atoms with Crippen molar-refractivity contribution in [3.05, 3.63) is 41.8 Å². The van der Waals surface area contributed by atoms with Gasteiger partial charge in [0.25, 0.3) is 5.89 Å². The van der Waals surface area contributed by atoms with Crippen LogP contribution in [0.5, 0.6) is 0 Å². The molecule has 0 radical (unpaired) electrons. The van der Waals surface area contributed by atoms with Gasteiger partial charge in [-0.2, -0.15) is 4.98 Å². The Balaban J connectivity index is 1.79. The summed E-state index contributed by atoms with van der Waals surface area (Å²) < 4.78 is 5.28. The summed E-state index contributed by atoms with van der Waals surface area (Å²) in [6.07, 6.45) is 0. The lowest BCUT2D eigenvalue weighted by Crippen LogP contribution is -2.04. The second-order valence-corrected chi connectivity index (χ2v) is 5.08. The van der Waals surface area contributed by atoms with Crippen LogP contribution in [0.15, 0.2) is 46.3 Å². The molecular weight excluding hydrogens is 274 g/mol. The maximum absolute atomic E-state index is 8.76. The van der Waals surface area contributed by atoms with Crippen LogP contribution in [-0.4, -0.2) is 28.4 Å². The molecule has 0 bridgehead atoms. The van der Waals surface area contributed by atoms with E-state index >= 15 is 0 Å². The number of nitrogens with one attached hydrogen (secondary N) is 1. The molecule has 0 atom stereocenters. The molecule has 102 valence electrons. The molecule has 2 aromatic heterocycles. The average molecular weight is 287 g/mol. The number of hydrogen-bond donors (Lipinski definition) is 2. The normalized spacial score (nSPS) is 10.7. The Morgan fingerprint density at radius 1 is 1.20 bits per heavy atom. The van der Waals surface area contributed by atoms with E-state index in [0.29, 0.717) is 18.3 Å². The minimum absolute atomic E-state index is 0.107. The number of aliphatic hydroxyl groups excluding tert-OH is 1. The zero-order valence-corrected chi connectivity index (χ0v) is 11.4. The van der Waals surface area contributed by atoms with E-state index in [2.05, 4.69) is 15.5 Å². The van der Waals surface area contributed by atoms with Crippen molar-refractivity contribution in [2.24, 2.45) is 0 Å².